The highest BCUT2D eigenvalue weighted by Crippen LogP contribution is 2.24. The number of nitrogens with two attached hydrogens (primary N) is 1. The minimum absolute atomic E-state index is 0.0491. The fourth-order valence-electron chi connectivity index (χ4n) is 1.64. The summed E-state index contributed by atoms with van der Waals surface area (Å²) in [4.78, 5) is 8.38. The lowest BCUT2D eigenvalue weighted by atomic mass is 10.0. The largest absolute Gasteiger partial charge is 0.271 e. The van der Waals surface area contributed by atoms with Gasteiger partial charge in [0.25, 0.3) is 0 Å². The summed E-state index contributed by atoms with van der Waals surface area (Å²) in [7, 11) is 0. The molecule has 0 aliphatic rings. The molecule has 2 aromatic rings. The summed E-state index contributed by atoms with van der Waals surface area (Å²) >= 11 is 7.72. The number of thiazole rings is 1. The summed E-state index contributed by atoms with van der Waals surface area (Å²) < 4.78 is 0. The minimum atomic E-state index is -0.0491. The molecular formula is C11H13ClN4S. The van der Waals surface area contributed by atoms with Crippen molar-refractivity contribution in [2.24, 2.45) is 5.84 Å². The van der Waals surface area contributed by atoms with Crippen molar-refractivity contribution in [1.29, 1.82) is 0 Å². The summed E-state index contributed by atoms with van der Waals surface area (Å²) in [6.45, 7) is 1.98. The van der Waals surface area contributed by atoms with Crippen molar-refractivity contribution in [2.75, 3.05) is 0 Å². The molecule has 0 fully saturated rings. The normalized spacial score (nSPS) is 12.6. The number of pyridine rings is 1. The molecule has 0 aliphatic heterocycles. The van der Waals surface area contributed by atoms with Crippen molar-refractivity contribution >= 4 is 22.9 Å². The Balaban J connectivity index is 2.20. The molecule has 0 saturated carbocycles. The Kier molecular flexibility index (Phi) is 4.06. The predicted octanol–water partition coefficient (Wildman–Crippen LogP) is 2.25. The third-order valence-electron chi connectivity index (χ3n) is 2.46. The molecule has 2 heterocycles. The van der Waals surface area contributed by atoms with Crippen molar-refractivity contribution in [3.63, 3.8) is 0 Å². The van der Waals surface area contributed by atoms with Gasteiger partial charge in [-0.15, -0.1) is 11.3 Å². The topological polar surface area (TPSA) is 63.8 Å². The number of rotatable bonds is 4. The van der Waals surface area contributed by atoms with E-state index in [1.54, 1.807) is 23.7 Å². The molecule has 0 aromatic carbocycles. The van der Waals surface area contributed by atoms with Crippen molar-refractivity contribution in [3.8, 4) is 0 Å². The Morgan fingerprint density at radius 2 is 2.41 bits per heavy atom. The summed E-state index contributed by atoms with van der Waals surface area (Å²) in [5.41, 5.74) is 4.73. The maximum absolute atomic E-state index is 6.09. The van der Waals surface area contributed by atoms with Gasteiger partial charge in [0.1, 0.15) is 0 Å². The first-order chi connectivity index (χ1) is 8.20. The number of hydrazine groups is 1. The molecule has 2 aromatic heterocycles. The molecule has 4 nitrogen and oxygen atoms in total. The first kappa shape index (κ1) is 12.4. The average molecular weight is 269 g/mol. The fraction of sp³-hybridized carbons (Fsp3) is 0.273. The van der Waals surface area contributed by atoms with E-state index in [1.165, 1.54) is 0 Å². The molecule has 0 saturated heterocycles. The lowest BCUT2D eigenvalue weighted by Gasteiger charge is -2.16. The van der Waals surface area contributed by atoms with E-state index in [4.69, 9.17) is 17.4 Å². The van der Waals surface area contributed by atoms with Gasteiger partial charge in [0, 0.05) is 24.2 Å². The number of aromatic nitrogens is 2. The smallest absolute Gasteiger partial charge is 0.0897 e. The average Bonchev–Trinajstić information content (AvgIpc) is 2.73. The molecule has 1 atom stereocenters. The number of aryl methyl sites for hydroxylation is 1. The van der Waals surface area contributed by atoms with E-state index in [0.717, 1.165) is 16.3 Å². The van der Waals surface area contributed by atoms with Crippen LogP contribution in [0.25, 0.3) is 0 Å². The van der Waals surface area contributed by atoms with E-state index in [2.05, 4.69) is 15.4 Å². The Bertz CT molecular complexity index is 500. The molecule has 90 valence electrons. The molecule has 6 heteroatoms. The number of hydrogen-bond donors (Lipinski definition) is 2. The fourth-order valence-corrected chi connectivity index (χ4v) is 2.51. The first-order valence-electron chi connectivity index (χ1n) is 5.17. The van der Waals surface area contributed by atoms with Crippen LogP contribution in [0, 0.1) is 6.92 Å². The number of nitrogens with one attached hydrogen (secondary N) is 1. The van der Waals surface area contributed by atoms with E-state index in [1.807, 2.05) is 18.4 Å². The second kappa shape index (κ2) is 5.55. The Labute approximate surface area is 109 Å². The van der Waals surface area contributed by atoms with Crippen LogP contribution in [0.2, 0.25) is 5.02 Å². The van der Waals surface area contributed by atoms with Gasteiger partial charge in [-0.1, -0.05) is 11.6 Å². The third kappa shape index (κ3) is 3.01. The van der Waals surface area contributed by atoms with Gasteiger partial charge in [0.2, 0.25) is 0 Å². The van der Waals surface area contributed by atoms with Crippen LogP contribution in [0.3, 0.4) is 0 Å². The maximum atomic E-state index is 6.09. The van der Waals surface area contributed by atoms with E-state index in [9.17, 15) is 0 Å². The van der Waals surface area contributed by atoms with Crippen LogP contribution in [-0.2, 0) is 6.42 Å². The van der Waals surface area contributed by atoms with Crippen molar-refractivity contribution in [3.05, 3.63) is 45.1 Å². The Hall–Kier alpha value is -1.01. The van der Waals surface area contributed by atoms with Gasteiger partial charge in [0.05, 0.1) is 21.8 Å². The number of halogens is 1. The van der Waals surface area contributed by atoms with Gasteiger partial charge in [-0.25, -0.2) is 4.98 Å². The first-order valence-corrected chi connectivity index (χ1v) is 6.43. The molecule has 0 aliphatic carbocycles. The zero-order chi connectivity index (χ0) is 12.3. The van der Waals surface area contributed by atoms with Gasteiger partial charge >= 0.3 is 0 Å². The van der Waals surface area contributed by atoms with Crippen LogP contribution < -0.4 is 11.3 Å². The Morgan fingerprint density at radius 1 is 1.59 bits per heavy atom. The Morgan fingerprint density at radius 3 is 3.00 bits per heavy atom. The second-order valence-corrected chi connectivity index (χ2v) is 5.15. The van der Waals surface area contributed by atoms with Crippen LogP contribution in [-0.4, -0.2) is 9.97 Å². The summed E-state index contributed by atoms with van der Waals surface area (Å²) in [5, 5.41) is 3.70. The molecule has 2 rings (SSSR count). The van der Waals surface area contributed by atoms with Gasteiger partial charge in [-0.2, -0.15) is 0 Å². The highest BCUT2D eigenvalue weighted by molar-refractivity contribution is 7.09. The quantitative estimate of drug-likeness (QED) is 0.659. The van der Waals surface area contributed by atoms with Crippen LogP contribution in [0.15, 0.2) is 23.8 Å². The molecule has 1 unspecified atom stereocenters. The van der Waals surface area contributed by atoms with Gasteiger partial charge in [0.15, 0.2) is 0 Å². The summed E-state index contributed by atoms with van der Waals surface area (Å²) in [5.74, 6) is 5.57. The van der Waals surface area contributed by atoms with Gasteiger partial charge in [-0.3, -0.25) is 16.3 Å². The molecule has 0 spiro atoms. The number of nitrogens with zero attached hydrogens (tertiary/aromatic N) is 2. The second-order valence-electron chi connectivity index (χ2n) is 3.68. The lowest BCUT2D eigenvalue weighted by Crippen LogP contribution is -2.30. The molecule has 0 radical (unpaired) electrons. The molecule has 3 N–H and O–H groups in total. The summed E-state index contributed by atoms with van der Waals surface area (Å²) in [6, 6.07) is 1.82. The van der Waals surface area contributed by atoms with E-state index < -0.39 is 0 Å². The zero-order valence-corrected chi connectivity index (χ0v) is 10.9. The van der Waals surface area contributed by atoms with Crippen molar-refractivity contribution < 1.29 is 0 Å². The number of hydrogen-bond acceptors (Lipinski definition) is 5. The van der Waals surface area contributed by atoms with Crippen molar-refractivity contribution in [2.45, 2.75) is 19.4 Å². The van der Waals surface area contributed by atoms with Crippen LogP contribution >= 0.6 is 22.9 Å². The molecule has 17 heavy (non-hydrogen) atoms. The van der Waals surface area contributed by atoms with E-state index in [-0.39, 0.29) is 6.04 Å². The van der Waals surface area contributed by atoms with Crippen molar-refractivity contribution in [1.82, 2.24) is 15.4 Å². The third-order valence-corrected chi connectivity index (χ3v) is 3.60. The predicted molar refractivity (Wildman–Crippen MR) is 69.9 cm³/mol. The maximum Gasteiger partial charge on any atom is 0.0897 e. The standard InChI is InChI=1S/C11H13ClN4S/c1-7-15-8(6-17-7)4-11(16-13)9-2-3-14-5-10(9)12/h2-3,5-6,11,16H,4,13H2,1H3. The van der Waals surface area contributed by atoms with Crippen LogP contribution in [0.5, 0.6) is 0 Å². The highest BCUT2D eigenvalue weighted by atomic mass is 35.5. The minimum Gasteiger partial charge on any atom is -0.271 e. The molecule has 0 bridgehead atoms. The summed E-state index contributed by atoms with van der Waals surface area (Å²) in [6.07, 6.45) is 4.04. The molecule has 0 amide bonds. The SMILES string of the molecule is Cc1nc(CC(NN)c2ccncc2Cl)cs1. The van der Waals surface area contributed by atoms with E-state index in [0.29, 0.717) is 11.4 Å². The molecular weight excluding hydrogens is 256 g/mol. The lowest BCUT2D eigenvalue weighted by molar-refractivity contribution is 0.546. The van der Waals surface area contributed by atoms with Crippen LogP contribution in [0.1, 0.15) is 22.3 Å². The monoisotopic (exact) mass is 268 g/mol. The van der Waals surface area contributed by atoms with Gasteiger partial charge < -0.3 is 0 Å². The zero-order valence-electron chi connectivity index (χ0n) is 9.35. The highest BCUT2D eigenvalue weighted by Gasteiger charge is 2.15. The van der Waals surface area contributed by atoms with Crippen LogP contribution in [0.4, 0.5) is 0 Å². The van der Waals surface area contributed by atoms with E-state index >= 15 is 0 Å². The van der Waals surface area contributed by atoms with Gasteiger partial charge in [-0.05, 0) is 18.6 Å².